The molecule has 0 amide bonds. The highest BCUT2D eigenvalue weighted by Crippen LogP contribution is 2.17. The molecule has 0 spiro atoms. The van der Waals surface area contributed by atoms with E-state index in [2.05, 4.69) is 16.4 Å². The van der Waals surface area contributed by atoms with Crippen molar-refractivity contribution in [1.82, 2.24) is 10.3 Å². The zero-order chi connectivity index (χ0) is 11.4. The molecule has 2 aromatic rings. The Hall–Kier alpha value is -1.61. The first-order valence-electron chi connectivity index (χ1n) is 5.42. The van der Waals surface area contributed by atoms with Crippen LogP contribution in [0, 0.1) is 6.92 Å². The van der Waals surface area contributed by atoms with E-state index in [9.17, 15) is 0 Å². The van der Waals surface area contributed by atoms with Crippen LogP contribution in [0.4, 0.5) is 0 Å². The highest BCUT2D eigenvalue weighted by atomic mass is 16.3. The molecule has 3 heteroatoms. The maximum absolute atomic E-state index is 5.35. The third kappa shape index (κ3) is 2.49. The molecule has 0 saturated heterocycles. The summed E-state index contributed by atoms with van der Waals surface area (Å²) in [5.74, 6) is 0.986. The average molecular weight is 216 g/mol. The topological polar surface area (TPSA) is 38.1 Å². The first kappa shape index (κ1) is 10.9. The molecule has 84 valence electrons. The minimum absolute atomic E-state index is 0.249. The van der Waals surface area contributed by atoms with Crippen LogP contribution in [0.15, 0.2) is 41.1 Å². The Balaban J connectivity index is 2.13. The molecule has 1 atom stereocenters. The lowest BCUT2D eigenvalue weighted by Gasteiger charge is -2.14. The molecule has 0 fully saturated rings. The fourth-order valence-electron chi connectivity index (χ4n) is 1.70. The Bertz CT molecular complexity index is 420. The summed E-state index contributed by atoms with van der Waals surface area (Å²) < 4.78 is 5.35. The normalized spacial score (nSPS) is 12.6. The first-order valence-corrected chi connectivity index (χ1v) is 5.42. The molecule has 0 aliphatic carbocycles. The maximum Gasteiger partial charge on any atom is 0.105 e. The van der Waals surface area contributed by atoms with Crippen LogP contribution in [-0.2, 0) is 6.42 Å². The molecule has 0 radical (unpaired) electrons. The summed E-state index contributed by atoms with van der Waals surface area (Å²) in [6, 6.07) is 8.29. The van der Waals surface area contributed by atoms with E-state index in [0.717, 1.165) is 17.9 Å². The summed E-state index contributed by atoms with van der Waals surface area (Å²) >= 11 is 0. The second-order valence-electron chi connectivity index (χ2n) is 3.86. The molecule has 0 aliphatic heterocycles. The van der Waals surface area contributed by atoms with Gasteiger partial charge in [0.1, 0.15) is 5.76 Å². The van der Waals surface area contributed by atoms with Crippen LogP contribution in [0.25, 0.3) is 0 Å². The Labute approximate surface area is 95.5 Å². The van der Waals surface area contributed by atoms with E-state index in [0.29, 0.717) is 0 Å². The Morgan fingerprint density at radius 1 is 1.38 bits per heavy atom. The van der Waals surface area contributed by atoms with Gasteiger partial charge in [-0.1, -0.05) is 6.07 Å². The van der Waals surface area contributed by atoms with Crippen LogP contribution in [0.2, 0.25) is 0 Å². The first-order chi connectivity index (χ1) is 7.79. The standard InChI is InChI=1S/C13H16N2O/c1-10-5-6-11(9-15-10)13(14-2)8-12-4-3-7-16-12/h3-7,9,13-14H,8H2,1-2H3. The summed E-state index contributed by atoms with van der Waals surface area (Å²) in [6.07, 6.45) is 4.46. The van der Waals surface area contributed by atoms with Crippen molar-refractivity contribution in [3.8, 4) is 0 Å². The molecule has 2 aromatic heterocycles. The van der Waals surface area contributed by atoms with Crippen molar-refractivity contribution in [2.75, 3.05) is 7.05 Å². The third-order valence-corrected chi connectivity index (χ3v) is 2.67. The lowest BCUT2D eigenvalue weighted by atomic mass is 10.0. The molecular weight excluding hydrogens is 200 g/mol. The fourth-order valence-corrected chi connectivity index (χ4v) is 1.70. The summed E-state index contributed by atoms with van der Waals surface area (Å²) in [5, 5.41) is 3.28. The molecule has 0 aliphatic rings. The second kappa shape index (κ2) is 4.94. The number of aromatic nitrogens is 1. The number of likely N-dealkylation sites (N-methyl/N-ethyl adjacent to an activating group) is 1. The van der Waals surface area contributed by atoms with Gasteiger partial charge in [0.25, 0.3) is 0 Å². The van der Waals surface area contributed by atoms with Crippen molar-refractivity contribution in [3.63, 3.8) is 0 Å². The van der Waals surface area contributed by atoms with Crippen LogP contribution in [0.3, 0.4) is 0 Å². The molecule has 2 heterocycles. The molecule has 1 N–H and O–H groups in total. The van der Waals surface area contributed by atoms with Crippen molar-refractivity contribution in [2.24, 2.45) is 0 Å². The average Bonchev–Trinajstić information content (AvgIpc) is 2.80. The molecule has 1 unspecified atom stereocenters. The van der Waals surface area contributed by atoms with Crippen molar-refractivity contribution in [3.05, 3.63) is 53.7 Å². The van der Waals surface area contributed by atoms with E-state index in [1.165, 1.54) is 5.56 Å². The Morgan fingerprint density at radius 2 is 2.25 bits per heavy atom. The van der Waals surface area contributed by atoms with Crippen LogP contribution in [0.5, 0.6) is 0 Å². The van der Waals surface area contributed by atoms with E-state index in [4.69, 9.17) is 4.42 Å². The Morgan fingerprint density at radius 3 is 2.81 bits per heavy atom. The van der Waals surface area contributed by atoms with Gasteiger partial charge in [-0.3, -0.25) is 4.98 Å². The van der Waals surface area contributed by atoms with Crippen molar-refractivity contribution >= 4 is 0 Å². The SMILES string of the molecule is CNC(Cc1ccco1)c1ccc(C)nc1. The zero-order valence-corrected chi connectivity index (χ0v) is 9.60. The van der Waals surface area contributed by atoms with Gasteiger partial charge in [-0.15, -0.1) is 0 Å². The predicted molar refractivity (Wildman–Crippen MR) is 63.2 cm³/mol. The van der Waals surface area contributed by atoms with Gasteiger partial charge in [0.05, 0.1) is 6.26 Å². The lowest BCUT2D eigenvalue weighted by Crippen LogP contribution is -2.18. The number of hydrogen-bond donors (Lipinski definition) is 1. The second-order valence-corrected chi connectivity index (χ2v) is 3.86. The van der Waals surface area contributed by atoms with Gasteiger partial charge in [0.15, 0.2) is 0 Å². The minimum atomic E-state index is 0.249. The monoisotopic (exact) mass is 216 g/mol. The van der Waals surface area contributed by atoms with Crippen LogP contribution in [0.1, 0.15) is 23.1 Å². The van der Waals surface area contributed by atoms with Gasteiger partial charge < -0.3 is 9.73 Å². The number of aryl methyl sites for hydroxylation is 1. The molecule has 0 saturated carbocycles. The summed E-state index contributed by atoms with van der Waals surface area (Å²) in [6.45, 7) is 1.99. The van der Waals surface area contributed by atoms with Gasteiger partial charge in [-0.25, -0.2) is 0 Å². The van der Waals surface area contributed by atoms with Crippen LogP contribution >= 0.6 is 0 Å². The minimum Gasteiger partial charge on any atom is -0.469 e. The van der Waals surface area contributed by atoms with Crippen molar-refractivity contribution in [2.45, 2.75) is 19.4 Å². The number of nitrogens with one attached hydrogen (secondary N) is 1. The summed E-state index contributed by atoms with van der Waals surface area (Å²) in [7, 11) is 1.95. The van der Waals surface area contributed by atoms with E-state index in [-0.39, 0.29) is 6.04 Å². The lowest BCUT2D eigenvalue weighted by molar-refractivity contribution is 0.465. The highest BCUT2D eigenvalue weighted by Gasteiger charge is 2.11. The van der Waals surface area contributed by atoms with Gasteiger partial charge >= 0.3 is 0 Å². The van der Waals surface area contributed by atoms with Crippen LogP contribution in [-0.4, -0.2) is 12.0 Å². The number of furan rings is 1. The van der Waals surface area contributed by atoms with Gasteiger partial charge in [0, 0.05) is 24.4 Å². The third-order valence-electron chi connectivity index (χ3n) is 2.67. The summed E-state index contributed by atoms with van der Waals surface area (Å²) in [5.41, 5.74) is 2.22. The molecular formula is C13H16N2O. The van der Waals surface area contributed by atoms with E-state index >= 15 is 0 Å². The van der Waals surface area contributed by atoms with E-state index < -0.39 is 0 Å². The fraction of sp³-hybridized carbons (Fsp3) is 0.308. The van der Waals surface area contributed by atoms with E-state index in [1.807, 2.05) is 38.4 Å². The highest BCUT2D eigenvalue weighted by molar-refractivity contribution is 5.19. The quantitative estimate of drug-likeness (QED) is 0.853. The molecule has 3 nitrogen and oxygen atoms in total. The number of hydrogen-bond acceptors (Lipinski definition) is 3. The zero-order valence-electron chi connectivity index (χ0n) is 9.60. The molecule has 16 heavy (non-hydrogen) atoms. The number of rotatable bonds is 4. The number of pyridine rings is 1. The maximum atomic E-state index is 5.35. The van der Waals surface area contributed by atoms with Crippen molar-refractivity contribution < 1.29 is 4.42 Å². The van der Waals surface area contributed by atoms with Gasteiger partial charge in [0.2, 0.25) is 0 Å². The van der Waals surface area contributed by atoms with Crippen LogP contribution < -0.4 is 5.32 Å². The largest absolute Gasteiger partial charge is 0.469 e. The van der Waals surface area contributed by atoms with Gasteiger partial charge in [-0.2, -0.15) is 0 Å². The Kier molecular flexibility index (Phi) is 3.37. The molecule has 0 aromatic carbocycles. The molecule has 2 rings (SSSR count). The molecule has 0 bridgehead atoms. The van der Waals surface area contributed by atoms with E-state index in [1.54, 1.807) is 6.26 Å². The van der Waals surface area contributed by atoms with Gasteiger partial charge in [-0.05, 0) is 37.7 Å². The predicted octanol–water partition coefficient (Wildman–Crippen LogP) is 2.49. The smallest absolute Gasteiger partial charge is 0.105 e. The number of nitrogens with zero attached hydrogens (tertiary/aromatic N) is 1. The summed E-state index contributed by atoms with van der Waals surface area (Å²) in [4.78, 5) is 4.31. The van der Waals surface area contributed by atoms with Crippen molar-refractivity contribution in [1.29, 1.82) is 0 Å².